The average Bonchev–Trinajstić information content (AvgIpc) is 3.04. The molecule has 1 aliphatic carbocycles. The van der Waals surface area contributed by atoms with Crippen LogP contribution in [0.3, 0.4) is 0 Å². The van der Waals surface area contributed by atoms with E-state index in [-0.39, 0.29) is 16.8 Å². The number of likely N-dealkylation sites (tertiary alicyclic amines) is 1. The minimum atomic E-state index is -0.885. The predicted molar refractivity (Wildman–Crippen MR) is 89.6 cm³/mol. The third-order valence-electron chi connectivity index (χ3n) is 4.93. The van der Waals surface area contributed by atoms with Crippen molar-refractivity contribution in [2.24, 2.45) is 0 Å². The minimum Gasteiger partial charge on any atom is -0.336 e. The molecule has 2 atom stereocenters. The Morgan fingerprint density at radius 3 is 2.86 bits per heavy atom. The normalized spacial score (nSPS) is 24.8. The lowest BCUT2D eigenvalue weighted by Gasteiger charge is -2.40. The van der Waals surface area contributed by atoms with Gasteiger partial charge in [0.1, 0.15) is 0 Å². The highest BCUT2D eigenvalue weighted by Crippen LogP contribution is 2.37. The molecule has 1 aromatic rings. The highest BCUT2D eigenvalue weighted by atomic mass is 32.2. The molecule has 0 spiro atoms. The molecule has 1 N–H and O–H groups in total. The van der Waals surface area contributed by atoms with Gasteiger partial charge in [0.15, 0.2) is 0 Å². The predicted octanol–water partition coefficient (Wildman–Crippen LogP) is 2.60. The molecular formula is C15H23N3O2S2. The van der Waals surface area contributed by atoms with Crippen LogP contribution >= 0.6 is 11.3 Å². The second kappa shape index (κ2) is 6.28. The van der Waals surface area contributed by atoms with E-state index in [4.69, 9.17) is 0 Å². The first-order valence-corrected chi connectivity index (χ1v) is 10.3. The Hall–Kier alpha value is -0.950. The number of aromatic nitrogens is 1. The smallest absolute Gasteiger partial charge is 0.318 e. The number of carbonyl (C=O) groups is 1. The molecule has 0 unspecified atom stereocenters. The maximum Gasteiger partial charge on any atom is 0.318 e. The second-order valence-electron chi connectivity index (χ2n) is 6.29. The Labute approximate surface area is 138 Å². The number of hydrogen-bond donors (Lipinski definition) is 1. The fourth-order valence-corrected chi connectivity index (χ4v) is 5.12. The summed E-state index contributed by atoms with van der Waals surface area (Å²) in [5.41, 5.74) is 1.01. The Bertz CT molecular complexity index is 583. The van der Waals surface area contributed by atoms with Gasteiger partial charge in [-0.05, 0) is 32.6 Å². The van der Waals surface area contributed by atoms with E-state index < -0.39 is 10.8 Å². The number of nitrogens with zero attached hydrogens (tertiary/aromatic N) is 2. The molecule has 0 aromatic carbocycles. The number of rotatable bonds is 4. The van der Waals surface area contributed by atoms with E-state index in [1.165, 1.54) is 0 Å². The molecule has 3 rings (SSSR count). The van der Waals surface area contributed by atoms with Crippen LogP contribution in [-0.2, 0) is 10.8 Å². The Kier molecular flexibility index (Phi) is 4.54. The molecule has 7 heteroatoms. The summed E-state index contributed by atoms with van der Waals surface area (Å²) >= 11 is 1.63. The molecule has 2 aliphatic rings. The Balaban J connectivity index is 1.63. The van der Waals surface area contributed by atoms with Crippen LogP contribution in [0.4, 0.5) is 4.79 Å². The largest absolute Gasteiger partial charge is 0.336 e. The van der Waals surface area contributed by atoms with Gasteiger partial charge in [-0.15, -0.1) is 11.3 Å². The number of hydrogen-bond acceptors (Lipinski definition) is 4. The highest BCUT2D eigenvalue weighted by molar-refractivity contribution is 7.85. The average molecular weight is 342 g/mol. The summed E-state index contributed by atoms with van der Waals surface area (Å²) in [6, 6.07) is 0.0549. The number of carbonyl (C=O) groups excluding carboxylic acids is 1. The van der Waals surface area contributed by atoms with Crippen LogP contribution in [-0.4, -0.2) is 44.2 Å². The Morgan fingerprint density at radius 2 is 2.32 bits per heavy atom. The van der Waals surface area contributed by atoms with Crippen molar-refractivity contribution in [3.63, 3.8) is 0 Å². The van der Waals surface area contributed by atoms with Crippen molar-refractivity contribution in [1.29, 1.82) is 0 Å². The van der Waals surface area contributed by atoms with Crippen LogP contribution < -0.4 is 5.32 Å². The van der Waals surface area contributed by atoms with Gasteiger partial charge in [0.25, 0.3) is 0 Å². The van der Waals surface area contributed by atoms with Crippen LogP contribution in [0.1, 0.15) is 48.8 Å². The van der Waals surface area contributed by atoms with Crippen LogP contribution in [0.15, 0.2) is 5.38 Å². The lowest BCUT2D eigenvalue weighted by atomic mass is 9.84. The van der Waals surface area contributed by atoms with E-state index in [1.54, 1.807) is 17.6 Å². The van der Waals surface area contributed by atoms with Crippen LogP contribution in [0.25, 0.3) is 0 Å². The van der Waals surface area contributed by atoms with Gasteiger partial charge in [-0.3, -0.25) is 4.21 Å². The molecule has 2 amide bonds. The zero-order valence-electron chi connectivity index (χ0n) is 13.1. The number of aryl methyl sites for hydroxylation is 1. The number of thiazole rings is 1. The van der Waals surface area contributed by atoms with E-state index in [0.29, 0.717) is 6.54 Å². The molecule has 0 bridgehead atoms. The zero-order chi connectivity index (χ0) is 15.7. The maximum atomic E-state index is 12.5. The van der Waals surface area contributed by atoms with Gasteiger partial charge < -0.3 is 10.2 Å². The minimum absolute atomic E-state index is 0.0371. The summed E-state index contributed by atoms with van der Waals surface area (Å²) < 4.78 is 11.7. The van der Waals surface area contributed by atoms with Gasteiger partial charge in [0.05, 0.1) is 21.5 Å². The van der Waals surface area contributed by atoms with Crippen molar-refractivity contribution in [1.82, 2.24) is 15.2 Å². The van der Waals surface area contributed by atoms with E-state index in [9.17, 15) is 9.00 Å². The maximum absolute atomic E-state index is 12.5. The van der Waals surface area contributed by atoms with Crippen LogP contribution in [0.2, 0.25) is 0 Å². The first-order chi connectivity index (χ1) is 10.5. The van der Waals surface area contributed by atoms with Gasteiger partial charge in [0, 0.05) is 35.5 Å². The van der Waals surface area contributed by atoms with Crippen molar-refractivity contribution in [2.45, 2.75) is 49.8 Å². The lowest BCUT2D eigenvalue weighted by Crippen LogP contribution is -2.53. The second-order valence-corrected chi connectivity index (χ2v) is 9.13. The summed E-state index contributed by atoms with van der Waals surface area (Å²) in [5.74, 6) is 0. The molecule has 1 saturated carbocycles. The van der Waals surface area contributed by atoms with E-state index in [2.05, 4.69) is 15.7 Å². The lowest BCUT2D eigenvalue weighted by molar-refractivity contribution is 0.188. The third-order valence-corrected chi connectivity index (χ3v) is 7.49. The summed E-state index contributed by atoms with van der Waals surface area (Å²) in [6.07, 6.45) is 6.75. The van der Waals surface area contributed by atoms with E-state index in [1.807, 2.05) is 11.8 Å². The molecule has 2 heterocycles. The summed E-state index contributed by atoms with van der Waals surface area (Å²) in [4.78, 5) is 19.0. The fourth-order valence-electron chi connectivity index (χ4n) is 3.33. The highest BCUT2D eigenvalue weighted by Gasteiger charge is 2.42. The quantitative estimate of drug-likeness (QED) is 0.915. The Morgan fingerprint density at radius 1 is 1.55 bits per heavy atom. The summed E-state index contributed by atoms with van der Waals surface area (Å²) in [7, 11) is -0.885. The van der Waals surface area contributed by atoms with Crippen molar-refractivity contribution < 1.29 is 9.00 Å². The van der Waals surface area contributed by atoms with Crippen molar-refractivity contribution >= 4 is 28.2 Å². The van der Waals surface area contributed by atoms with Crippen LogP contribution in [0, 0.1) is 6.92 Å². The zero-order valence-corrected chi connectivity index (χ0v) is 14.8. The van der Waals surface area contributed by atoms with Gasteiger partial charge in [0.2, 0.25) is 0 Å². The number of amides is 2. The van der Waals surface area contributed by atoms with Gasteiger partial charge >= 0.3 is 6.03 Å². The van der Waals surface area contributed by atoms with Gasteiger partial charge in [-0.2, -0.15) is 0 Å². The molecule has 0 radical (unpaired) electrons. The molecule has 1 aliphatic heterocycles. The molecule has 2 fully saturated rings. The SMILES string of the molecule is Cc1nc([C@H]2CCCN2C(=O)NCC2([S@](C)=O)CCC2)cs1. The summed E-state index contributed by atoms with van der Waals surface area (Å²) in [5, 5.41) is 6.12. The first-order valence-electron chi connectivity index (χ1n) is 7.82. The monoisotopic (exact) mass is 341 g/mol. The standard InChI is InChI=1S/C15H23N3O2S2/c1-11-17-12(9-21-11)13-5-3-8-18(13)14(19)16-10-15(22(2)20)6-4-7-15/h9,13H,3-8,10H2,1-2H3,(H,16,19)/t13-,22+/m1/s1. The van der Waals surface area contributed by atoms with Crippen LogP contribution in [0.5, 0.6) is 0 Å². The fraction of sp³-hybridized carbons (Fsp3) is 0.733. The molecule has 5 nitrogen and oxygen atoms in total. The number of nitrogens with one attached hydrogen (secondary N) is 1. The number of urea groups is 1. The first kappa shape index (κ1) is 15.9. The molecule has 1 saturated heterocycles. The molecule has 22 heavy (non-hydrogen) atoms. The van der Waals surface area contributed by atoms with Crippen molar-refractivity contribution in [2.75, 3.05) is 19.3 Å². The van der Waals surface area contributed by atoms with Gasteiger partial charge in [-0.25, -0.2) is 9.78 Å². The topological polar surface area (TPSA) is 62.3 Å². The molecule has 122 valence electrons. The summed E-state index contributed by atoms with van der Waals surface area (Å²) in [6.45, 7) is 3.29. The van der Waals surface area contributed by atoms with E-state index >= 15 is 0 Å². The van der Waals surface area contributed by atoms with E-state index in [0.717, 1.165) is 49.4 Å². The van der Waals surface area contributed by atoms with Crippen molar-refractivity contribution in [3.8, 4) is 0 Å². The molecular weight excluding hydrogens is 318 g/mol. The third kappa shape index (κ3) is 2.93. The van der Waals surface area contributed by atoms with Gasteiger partial charge in [-0.1, -0.05) is 6.42 Å². The molecule has 1 aromatic heterocycles. The van der Waals surface area contributed by atoms with Crippen molar-refractivity contribution in [3.05, 3.63) is 16.1 Å².